The molecule has 0 fully saturated rings. The van der Waals surface area contributed by atoms with Crippen LogP contribution in [0.25, 0.3) is 0 Å². The van der Waals surface area contributed by atoms with Crippen molar-refractivity contribution in [2.75, 3.05) is 32.5 Å². The Morgan fingerprint density at radius 2 is 2.17 bits per heavy atom. The van der Waals surface area contributed by atoms with Crippen LogP contribution in [0.2, 0.25) is 5.02 Å². The number of hydrogen-bond donors (Lipinski definition) is 2. The molecule has 0 unspecified atom stereocenters. The third-order valence-corrected chi connectivity index (χ3v) is 3.93. The minimum absolute atomic E-state index is 0.260. The Kier molecular flexibility index (Phi) is 6.96. The van der Waals surface area contributed by atoms with Crippen molar-refractivity contribution in [2.24, 2.45) is 0 Å². The SMILES string of the molecule is CN(C)CCCNC(=S)Nc1ccn(Cc2c(F)cccc2Cl)n1. The molecule has 0 aliphatic carbocycles. The molecule has 0 bridgehead atoms. The fourth-order valence-electron chi connectivity index (χ4n) is 2.12. The predicted molar refractivity (Wildman–Crippen MR) is 100 cm³/mol. The fourth-order valence-corrected chi connectivity index (χ4v) is 2.55. The largest absolute Gasteiger partial charge is 0.362 e. The van der Waals surface area contributed by atoms with Gasteiger partial charge in [-0.2, -0.15) is 5.10 Å². The molecule has 0 atom stereocenters. The lowest BCUT2D eigenvalue weighted by atomic mass is 10.2. The van der Waals surface area contributed by atoms with E-state index in [1.54, 1.807) is 29.1 Å². The highest BCUT2D eigenvalue weighted by Crippen LogP contribution is 2.20. The van der Waals surface area contributed by atoms with Crippen molar-refractivity contribution >= 4 is 34.7 Å². The number of aromatic nitrogens is 2. The van der Waals surface area contributed by atoms with Gasteiger partial charge in [0, 0.05) is 29.4 Å². The van der Waals surface area contributed by atoms with Gasteiger partial charge in [0.15, 0.2) is 10.9 Å². The van der Waals surface area contributed by atoms with E-state index in [4.69, 9.17) is 23.8 Å². The summed E-state index contributed by atoms with van der Waals surface area (Å²) in [6, 6.07) is 6.41. The first kappa shape index (κ1) is 18.6. The highest BCUT2D eigenvalue weighted by molar-refractivity contribution is 7.80. The maximum atomic E-state index is 13.8. The van der Waals surface area contributed by atoms with E-state index in [-0.39, 0.29) is 12.4 Å². The number of nitrogens with one attached hydrogen (secondary N) is 2. The highest BCUT2D eigenvalue weighted by atomic mass is 35.5. The zero-order chi connectivity index (χ0) is 17.5. The van der Waals surface area contributed by atoms with Gasteiger partial charge in [-0.15, -0.1) is 0 Å². The fraction of sp³-hybridized carbons (Fsp3) is 0.375. The lowest BCUT2D eigenvalue weighted by Crippen LogP contribution is -2.31. The van der Waals surface area contributed by atoms with Crippen LogP contribution >= 0.6 is 23.8 Å². The van der Waals surface area contributed by atoms with Gasteiger partial charge in [-0.25, -0.2) is 4.39 Å². The van der Waals surface area contributed by atoms with Gasteiger partial charge in [-0.1, -0.05) is 17.7 Å². The molecule has 1 heterocycles. The molecular weight excluding hydrogens is 349 g/mol. The Labute approximate surface area is 151 Å². The average Bonchev–Trinajstić information content (AvgIpc) is 2.94. The third-order valence-electron chi connectivity index (χ3n) is 3.33. The van der Waals surface area contributed by atoms with E-state index in [0.717, 1.165) is 19.5 Å². The zero-order valence-corrected chi connectivity index (χ0v) is 15.3. The minimum Gasteiger partial charge on any atom is -0.362 e. The molecule has 5 nitrogen and oxygen atoms in total. The van der Waals surface area contributed by atoms with Crippen molar-refractivity contribution in [1.29, 1.82) is 0 Å². The van der Waals surface area contributed by atoms with Crippen molar-refractivity contribution in [3.63, 3.8) is 0 Å². The molecule has 130 valence electrons. The number of thiocarbonyl (C=S) groups is 1. The predicted octanol–water partition coefficient (Wildman–Crippen LogP) is 2.96. The van der Waals surface area contributed by atoms with Crippen molar-refractivity contribution in [3.8, 4) is 0 Å². The molecule has 0 spiro atoms. The normalized spacial score (nSPS) is 10.9. The van der Waals surface area contributed by atoms with Gasteiger partial charge in [0.1, 0.15) is 5.82 Å². The summed E-state index contributed by atoms with van der Waals surface area (Å²) >= 11 is 11.3. The Bertz CT molecular complexity index is 669. The maximum Gasteiger partial charge on any atom is 0.171 e. The van der Waals surface area contributed by atoms with Crippen LogP contribution in [-0.2, 0) is 6.54 Å². The molecule has 24 heavy (non-hydrogen) atoms. The van der Waals surface area contributed by atoms with Crippen molar-refractivity contribution < 1.29 is 4.39 Å². The van der Waals surface area contributed by atoms with E-state index in [1.807, 2.05) is 14.1 Å². The topological polar surface area (TPSA) is 45.1 Å². The van der Waals surface area contributed by atoms with Crippen LogP contribution in [0.15, 0.2) is 30.5 Å². The van der Waals surface area contributed by atoms with Gasteiger partial charge in [0.05, 0.1) is 6.54 Å². The molecular formula is C16H21ClFN5S. The average molecular weight is 370 g/mol. The molecule has 0 amide bonds. The van der Waals surface area contributed by atoms with Gasteiger partial charge in [-0.3, -0.25) is 4.68 Å². The lowest BCUT2D eigenvalue weighted by Gasteiger charge is -2.11. The van der Waals surface area contributed by atoms with Crippen LogP contribution in [0, 0.1) is 5.82 Å². The third kappa shape index (κ3) is 5.74. The van der Waals surface area contributed by atoms with Crippen molar-refractivity contribution in [2.45, 2.75) is 13.0 Å². The maximum absolute atomic E-state index is 13.8. The van der Waals surface area contributed by atoms with Gasteiger partial charge < -0.3 is 15.5 Å². The van der Waals surface area contributed by atoms with Crippen LogP contribution in [0.1, 0.15) is 12.0 Å². The molecule has 0 radical (unpaired) electrons. The van der Waals surface area contributed by atoms with E-state index in [1.165, 1.54) is 6.07 Å². The molecule has 0 aliphatic rings. The quantitative estimate of drug-likeness (QED) is 0.580. The smallest absolute Gasteiger partial charge is 0.171 e. The summed E-state index contributed by atoms with van der Waals surface area (Å²) in [4.78, 5) is 2.12. The summed E-state index contributed by atoms with van der Waals surface area (Å²) < 4.78 is 15.4. The van der Waals surface area contributed by atoms with E-state index in [9.17, 15) is 4.39 Å². The highest BCUT2D eigenvalue weighted by Gasteiger charge is 2.09. The molecule has 1 aromatic carbocycles. The van der Waals surface area contributed by atoms with Crippen LogP contribution in [-0.4, -0.2) is 47.0 Å². The number of anilines is 1. The Morgan fingerprint density at radius 1 is 1.38 bits per heavy atom. The summed E-state index contributed by atoms with van der Waals surface area (Å²) in [5, 5.41) is 11.4. The molecule has 0 saturated carbocycles. The summed E-state index contributed by atoms with van der Waals surface area (Å²) in [6.07, 6.45) is 2.74. The van der Waals surface area contributed by atoms with Crippen LogP contribution < -0.4 is 10.6 Å². The van der Waals surface area contributed by atoms with E-state index in [2.05, 4.69) is 20.6 Å². The first-order valence-corrected chi connectivity index (χ1v) is 8.40. The lowest BCUT2D eigenvalue weighted by molar-refractivity contribution is 0.400. The van der Waals surface area contributed by atoms with Gasteiger partial charge in [0.2, 0.25) is 0 Å². The summed E-state index contributed by atoms with van der Waals surface area (Å²) in [5.41, 5.74) is 0.415. The molecule has 0 aliphatic heterocycles. The van der Waals surface area contributed by atoms with Crippen molar-refractivity contribution in [1.82, 2.24) is 20.0 Å². The molecule has 8 heteroatoms. The standard InChI is InChI=1S/C16H21ClFN5S/c1-22(2)9-4-8-19-16(24)20-15-7-10-23(21-15)11-12-13(17)5-3-6-14(12)18/h3,5-7,10H,4,8-9,11H2,1-2H3,(H2,19,20,21,24). The summed E-state index contributed by atoms with van der Waals surface area (Å²) in [7, 11) is 4.07. The Morgan fingerprint density at radius 3 is 2.88 bits per heavy atom. The monoisotopic (exact) mass is 369 g/mol. The number of rotatable bonds is 7. The summed E-state index contributed by atoms with van der Waals surface area (Å²) in [5.74, 6) is 0.262. The molecule has 0 saturated heterocycles. The van der Waals surface area contributed by atoms with E-state index < -0.39 is 0 Å². The van der Waals surface area contributed by atoms with Crippen molar-refractivity contribution in [3.05, 3.63) is 46.9 Å². The van der Waals surface area contributed by atoms with E-state index in [0.29, 0.717) is 21.5 Å². The second-order valence-electron chi connectivity index (χ2n) is 5.64. The molecule has 2 aromatic rings. The zero-order valence-electron chi connectivity index (χ0n) is 13.7. The molecule has 1 aromatic heterocycles. The van der Waals surface area contributed by atoms with Gasteiger partial charge >= 0.3 is 0 Å². The number of halogens is 2. The second-order valence-corrected chi connectivity index (χ2v) is 6.45. The van der Waals surface area contributed by atoms with Crippen LogP contribution in [0.5, 0.6) is 0 Å². The second kappa shape index (κ2) is 8.96. The Hall–Kier alpha value is -1.70. The number of hydrogen-bond acceptors (Lipinski definition) is 3. The Balaban J connectivity index is 1.86. The molecule has 2 N–H and O–H groups in total. The first-order valence-electron chi connectivity index (χ1n) is 7.61. The van der Waals surface area contributed by atoms with Gasteiger partial charge in [0.25, 0.3) is 0 Å². The summed E-state index contributed by atoms with van der Waals surface area (Å²) in [6.45, 7) is 2.04. The molecule has 2 rings (SSSR count). The minimum atomic E-state index is -0.342. The van der Waals surface area contributed by atoms with Crippen LogP contribution in [0.4, 0.5) is 10.2 Å². The first-order chi connectivity index (χ1) is 11.5. The van der Waals surface area contributed by atoms with Crippen LogP contribution in [0.3, 0.4) is 0 Å². The number of nitrogens with zero attached hydrogens (tertiary/aromatic N) is 3. The van der Waals surface area contributed by atoms with E-state index >= 15 is 0 Å². The number of benzene rings is 1. The van der Waals surface area contributed by atoms with Gasteiger partial charge in [-0.05, 0) is 51.4 Å².